The Hall–Kier alpha value is -2.73. The molecule has 1 aliphatic heterocycles. The highest BCUT2D eigenvalue weighted by Gasteiger charge is 2.60. The van der Waals surface area contributed by atoms with Crippen molar-refractivity contribution in [3.8, 4) is 5.75 Å². The Morgan fingerprint density at radius 3 is 2.56 bits per heavy atom. The molecule has 2 heterocycles. The van der Waals surface area contributed by atoms with Gasteiger partial charge >= 0.3 is 6.36 Å². The first-order valence-corrected chi connectivity index (χ1v) is 11.0. The molecule has 3 aliphatic rings. The van der Waals surface area contributed by atoms with Crippen molar-refractivity contribution in [2.75, 3.05) is 13.2 Å². The number of fused-ring (bicyclic) bond motifs is 1. The van der Waals surface area contributed by atoms with E-state index in [9.17, 15) is 22.4 Å². The zero-order valence-electron chi connectivity index (χ0n) is 18.1. The molecule has 2 saturated carbocycles. The third kappa shape index (κ3) is 4.88. The first-order valence-electron chi connectivity index (χ1n) is 11.0. The molecule has 0 bridgehead atoms. The number of carbonyl (C=O) groups is 1. The molecule has 2 aromatic rings. The van der Waals surface area contributed by atoms with Gasteiger partial charge in [0.2, 0.25) is 11.8 Å². The molecule has 184 valence electrons. The van der Waals surface area contributed by atoms with E-state index < -0.39 is 18.6 Å². The summed E-state index contributed by atoms with van der Waals surface area (Å²) in [5, 5.41) is 11.0. The molecule has 1 aromatic carbocycles. The minimum Gasteiger partial charge on any atom is -0.484 e. The van der Waals surface area contributed by atoms with Crippen LogP contribution < -0.4 is 10.1 Å². The predicted octanol–water partition coefficient (Wildman–Crippen LogP) is 3.51. The molecule has 1 saturated heterocycles. The average molecular weight is 485 g/mol. The Bertz CT molecular complexity index is 1020. The lowest BCUT2D eigenvalue weighted by atomic mass is 9.82. The van der Waals surface area contributed by atoms with E-state index in [1.54, 1.807) is 0 Å². The lowest BCUT2D eigenvalue weighted by Crippen LogP contribution is -2.45. The second-order valence-corrected chi connectivity index (χ2v) is 9.02. The molecule has 34 heavy (non-hydrogen) atoms. The molecule has 0 radical (unpaired) electrons. The second-order valence-electron chi connectivity index (χ2n) is 9.02. The van der Waals surface area contributed by atoms with E-state index in [0.717, 1.165) is 0 Å². The number of carbonyl (C=O) groups excluding carboxylic acids is 1. The number of nitrogens with one attached hydrogen (secondary N) is 1. The van der Waals surface area contributed by atoms with E-state index in [-0.39, 0.29) is 67.5 Å². The number of hydrogen-bond acceptors (Lipinski definition) is 7. The first kappa shape index (κ1) is 23.0. The van der Waals surface area contributed by atoms with Gasteiger partial charge < -0.3 is 19.2 Å². The van der Waals surface area contributed by atoms with Crippen molar-refractivity contribution in [1.82, 2.24) is 15.5 Å². The number of aromatic nitrogens is 2. The smallest absolute Gasteiger partial charge is 0.484 e. The summed E-state index contributed by atoms with van der Waals surface area (Å²) in [6, 6.07) is 5.20. The summed E-state index contributed by atoms with van der Waals surface area (Å²) in [7, 11) is 0. The van der Waals surface area contributed by atoms with E-state index in [1.165, 1.54) is 24.3 Å². The third-order valence-electron chi connectivity index (χ3n) is 6.76. The average Bonchev–Trinajstić information content (AvgIpc) is 3.20. The molecular formula is C22H23F4N3O5. The number of rotatable bonds is 7. The molecule has 5 rings (SSSR count). The maximum Gasteiger partial charge on any atom is 0.522 e. The summed E-state index contributed by atoms with van der Waals surface area (Å²) in [5.41, 5.74) is 0. The summed E-state index contributed by atoms with van der Waals surface area (Å²) in [5.74, 6) is 0.513. The number of nitrogens with zero attached hydrogens (tertiary/aromatic N) is 2. The fourth-order valence-electron chi connectivity index (χ4n) is 4.95. The van der Waals surface area contributed by atoms with Crippen LogP contribution in [0.1, 0.15) is 43.6 Å². The van der Waals surface area contributed by atoms with Gasteiger partial charge in [-0.2, -0.15) is 0 Å². The Morgan fingerprint density at radius 1 is 1.15 bits per heavy atom. The zero-order chi connectivity index (χ0) is 24.0. The summed E-state index contributed by atoms with van der Waals surface area (Å²) >= 11 is 0. The quantitative estimate of drug-likeness (QED) is 0.600. The number of benzene rings is 1. The van der Waals surface area contributed by atoms with Crippen LogP contribution in [0.25, 0.3) is 0 Å². The van der Waals surface area contributed by atoms with Gasteiger partial charge in [0.15, 0.2) is 6.61 Å². The van der Waals surface area contributed by atoms with Crippen LogP contribution in [0, 0.1) is 23.6 Å². The number of hydrogen-bond donors (Lipinski definition) is 1. The van der Waals surface area contributed by atoms with Gasteiger partial charge in [0.05, 0.1) is 18.8 Å². The molecular weight excluding hydrogens is 462 g/mol. The van der Waals surface area contributed by atoms with E-state index in [2.05, 4.69) is 20.3 Å². The Morgan fingerprint density at radius 2 is 1.85 bits per heavy atom. The van der Waals surface area contributed by atoms with Crippen molar-refractivity contribution in [2.24, 2.45) is 17.8 Å². The van der Waals surface area contributed by atoms with Gasteiger partial charge in [0.1, 0.15) is 17.7 Å². The molecule has 2 aliphatic carbocycles. The monoisotopic (exact) mass is 485 g/mol. The maximum atomic E-state index is 13.0. The topological polar surface area (TPSA) is 95.7 Å². The summed E-state index contributed by atoms with van der Waals surface area (Å²) in [6.07, 6.45) is -5.63. The van der Waals surface area contributed by atoms with Crippen LogP contribution in [-0.4, -0.2) is 47.8 Å². The van der Waals surface area contributed by atoms with Crippen LogP contribution in [0.15, 0.2) is 28.7 Å². The van der Waals surface area contributed by atoms with Crippen LogP contribution in [0.4, 0.5) is 17.6 Å². The highest BCUT2D eigenvalue weighted by molar-refractivity contribution is 5.78. The van der Waals surface area contributed by atoms with Crippen molar-refractivity contribution < 1.29 is 41.0 Å². The summed E-state index contributed by atoms with van der Waals surface area (Å²) in [6.45, 7) is 2.10. The van der Waals surface area contributed by atoms with E-state index >= 15 is 0 Å². The standard InChI is InChI=1S/C22H23F4N3O5/c1-10-17-15(27-16(30)9-31-13-4-2-12(23)3-5-13)8-32-19(18(10)17)21-29-28-20(33-21)11-6-14(7-11)34-22(24,25)26/h2-5,10-11,14-15,17-19H,6-9H2,1H3,(H,27,30)/t10-,11?,14?,15-,17?,18?,19-/m0/s1. The molecule has 1 aromatic heterocycles. The highest BCUT2D eigenvalue weighted by atomic mass is 19.4. The van der Waals surface area contributed by atoms with Gasteiger partial charge in [0, 0.05) is 11.8 Å². The number of ether oxygens (including phenoxy) is 3. The van der Waals surface area contributed by atoms with Gasteiger partial charge in [0.25, 0.3) is 5.91 Å². The first-order chi connectivity index (χ1) is 16.2. The van der Waals surface area contributed by atoms with Crippen molar-refractivity contribution in [1.29, 1.82) is 0 Å². The van der Waals surface area contributed by atoms with Crippen molar-refractivity contribution in [3.63, 3.8) is 0 Å². The molecule has 5 atom stereocenters. The van der Waals surface area contributed by atoms with Crippen LogP contribution in [-0.2, 0) is 14.3 Å². The number of halogens is 4. The molecule has 2 unspecified atom stereocenters. The molecule has 12 heteroatoms. The van der Waals surface area contributed by atoms with E-state index in [0.29, 0.717) is 17.5 Å². The Kier molecular flexibility index (Phi) is 5.96. The molecule has 8 nitrogen and oxygen atoms in total. The molecule has 0 spiro atoms. The minimum atomic E-state index is -4.65. The van der Waals surface area contributed by atoms with E-state index in [1.807, 2.05) is 6.92 Å². The van der Waals surface area contributed by atoms with Gasteiger partial charge in [-0.25, -0.2) is 4.39 Å². The SMILES string of the molecule is C[C@H]1C2C1[C@@H](c1nnc(C3CC(OC(F)(F)F)C3)o1)OC[C@@H]2NC(=O)COc1ccc(F)cc1. The zero-order valence-corrected chi connectivity index (χ0v) is 18.1. The second kappa shape index (κ2) is 8.81. The lowest BCUT2D eigenvalue weighted by molar-refractivity contribution is -0.352. The number of alkyl halides is 3. The van der Waals surface area contributed by atoms with Crippen molar-refractivity contribution >= 4 is 5.91 Å². The Labute approximate surface area is 191 Å². The third-order valence-corrected chi connectivity index (χ3v) is 6.76. The predicted molar refractivity (Wildman–Crippen MR) is 106 cm³/mol. The lowest BCUT2D eigenvalue weighted by Gasteiger charge is -2.32. The fourth-order valence-corrected chi connectivity index (χ4v) is 4.95. The molecule has 1 amide bonds. The van der Waals surface area contributed by atoms with Crippen LogP contribution in [0.3, 0.4) is 0 Å². The van der Waals surface area contributed by atoms with Crippen molar-refractivity contribution in [2.45, 2.75) is 50.3 Å². The number of amides is 1. The fraction of sp³-hybridized carbons (Fsp3) is 0.591. The van der Waals surface area contributed by atoms with E-state index in [4.69, 9.17) is 13.9 Å². The summed E-state index contributed by atoms with van der Waals surface area (Å²) in [4.78, 5) is 12.3. The van der Waals surface area contributed by atoms with Crippen LogP contribution in [0.5, 0.6) is 5.75 Å². The summed E-state index contributed by atoms with van der Waals surface area (Å²) < 4.78 is 70.9. The highest BCUT2D eigenvalue weighted by Crippen LogP contribution is 2.58. The Balaban J connectivity index is 1.11. The van der Waals surface area contributed by atoms with Gasteiger partial charge in [-0.15, -0.1) is 23.4 Å². The van der Waals surface area contributed by atoms with Gasteiger partial charge in [-0.05, 0) is 48.9 Å². The minimum absolute atomic E-state index is 0.0769. The van der Waals surface area contributed by atoms with Gasteiger partial charge in [-0.1, -0.05) is 6.92 Å². The van der Waals surface area contributed by atoms with Crippen molar-refractivity contribution in [3.05, 3.63) is 41.9 Å². The molecule has 3 fully saturated rings. The largest absolute Gasteiger partial charge is 0.522 e. The molecule has 1 N–H and O–H groups in total. The van der Waals surface area contributed by atoms with Crippen LogP contribution >= 0.6 is 0 Å². The van der Waals surface area contributed by atoms with Gasteiger partial charge in [-0.3, -0.25) is 9.53 Å². The van der Waals surface area contributed by atoms with Crippen LogP contribution in [0.2, 0.25) is 0 Å². The maximum absolute atomic E-state index is 13.0. The normalized spacial score (nSPS) is 32.4.